The number of hydrogen-bond donors (Lipinski definition) is 1. The minimum Gasteiger partial charge on any atom is -0.496 e. The molecule has 126 valence electrons. The van der Waals surface area contributed by atoms with Crippen LogP contribution in [0.1, 0.15) is 11.1 Å². The minimum atomic E-state index is -0.185. The molecule has 0 aromatic heterocycles. The van der Waals surface area contributed by atoms with E-state index >= 15 is 0 Å². The second-order valence-electron chi connectivity index (χ2n) is 4.98. The molecule has 2 aromatic rings. The van der Waals surface area contributed by atoms with Crippen molar-refractivity contribution in [3.8, 4) is 17.2 Å². The first kappa shape index (κ1) is 17.4. The number of rotatable bonds is 7. The minimum absolute atomic E-state index is 0.185. The van der Waals surface area contributed by atoms with Crippen LogP contribution in [0.4, 0.5) is 0 Å². The lowest BCUT2D eigenvalue weighted by atomic mass is 10.2. The Hall–Kier alpha value is -2.95. The molecule has 5 heteroatoms. The summed E-state index contributed by atoms with van der Waals surface area (Å²) in [6.45, 7) is 0.402. The standard InChI is InChI=1S/C19H21NO4/c1-22-16-7-5-4-6-15(16)13-20-19(21)11-9-14-8-10-17(23-2)18(12-14)24-3/h4-12H,13H2,1-3H3,(H,20,21)/b11-9+. The first-order valence-corrected chi connectivity index (χ1v) is 7.47. The summed E-state index contributed by atoms with van der Waals surface area (Å²) in [4.78, 5) is 12.0. The first-order valence-electron chi connectivity index (χ1n) is 7.47. The number of methoxy groups -OCH3 is 3. The van der Waals surface area contributed by atoms with E-state index in [1.54, 1.807) is 33.5 Å². The third-order valence-electron chi connectivity index (χ3n) is 3.48. The molecule has 0 aliphatic rings. The second kappa shape index (κ2) is 8.62. The van der Waals surface area contributed by atoms with E-state index in [0.29, 0.717) is 18.0 Å². The second-order valence-corrected chi connectivity index (χ2v) is 4.98. The molecule has 0 aliphatic carbocycles. The summed E-state index contributed by atoms with van der Waals surface area (Å²) in [5.74, 6) is 1.83. The van der Waals surface area contributed by atoms with E-state index in [4.69, 9.17) is 14.2 Å². The molecular formula is C19H21NO4. The maximum atomic E-state index is 12.0. The molecule has 0 saturated carbocycles. The molecule has 0 heterocycles. The summed E-state index contributed by atoms with van der Waals surface area (Å²) >= 11 is 0. The predicted molar refractivity (Wildman–Crippen MR) is 93.4 cm³/mol. The van der Waals surface area contributed by atoms with Crippen LogP contribution in [0, 0.1) is 0 Å². The van der Waals surface area contributed by atoms with Gasteiger partial charge in [0.25, 0.3) is 0 Å². The van der Waals surface area contributed by atoms with Crippen LogP contribution in [0.15, 0.2) is 48.5 Å². The number of benzene rings is 2. The molecule has 0 spiro atoms. The third-order valence-corrected chi connectivity index (χ3v) is 3.48. The Kier molecular flexibility index (Phi) is 6.25. The Morgan fingerprint density at radius 2 is 1.67 bits per heavy atom. The Bertz CT molecular complexity index is 725. The average molecular weight is 327 g/mol. The summed E-state index contributed by atoms with van der Waals surface area (Å²) < 4.78 is 15.7. The highest BCUT2D eigenvalue weighted by Gasteiger charge is 2.04. The molecule has 0 unspecified atom stereocenters. The Morgan fingerprint density at radius 3 is 2.38 bits per heavy atom. The van der Waals surface area contributed by atoms with Crippen LogP contribution in [-0.2, 0) is 11.3 Å². The van der Waals surface area contributed by atoms with Gasteiger partial charge in [0.05, 0.1) is 21.3 Å². The normalized spacial score (nSPS) is 10.5. The van der Waals surface area contributed by atoms with Crippen molar-refractivity contribution < 1.29 is 19.0 Å². The van der Waals surface area contributed by atoms with Gasteiger partial charge in [0.15, 0.2) is 11.5 Å². The molecule has 5 nitrogen and oxygen atoms in total. The lowest BCUT2D eigenvalue weighted by Gasteiger charge is -2.08. The Morgan fingerprint density at radius 1 is 0.958 bits per heavy atom. The van der Waals surface area contributed by atoms with Gasteiger partial charge >= 0.3 is 0 Å². The van der Waals surface area contributed by atoms with Crippen LogP contribution < -0.4 is 19.5 Å². The SMILES string of the molecule is COc1ccccc1CNC(=O)/C=C/c1ccc(OC)c(OC)c1. The topological polar surface area (TPSA) is 56.8 Å². The molecule has 0 radical (unpaired) electrons. The molecule has 0 aliphatic heterocycles. The Balaban J connectivity index is 1.98. The third kappa shape index (κ3) is 4.52. The molecule has 0 atom stereocenters. The van der Waals surface area contributed by atoms with Crippen molar-refractivity contribution in [3.05, 3.63) is 59.7 Å². The molecule has 1 amide bonds. The van der Waals surface area contributed by atoms with Gasteiger partial charge in [0, 0.05) is 18.2 Å². The van der Waals surface area contributed by atoms with Gasteiger partial charge in [-0.25, -0.2) is 0 Å². The summed E-state index contributed by atoms with van der Waals surface area (Å²) in [6.07, 6.45) is 3.20. The molecule has 2 rings (SSSR count). The fourth-order valence-corrected chi connectivity index (χ4v) is 2.22. The van der Waals surface area contributed by atoms with E-state index in [1.165, 1.54) is 6.08 Å². The molecule has 2 aromatic carbocycles. The van der Waals surface area contributed by atoms with Gasteiger partial charge in [-0.15, -0.1) is 0 Å². The van der Waals surface area contributed by atoms with Gasteiger partial charge in [-0.2, -0.15) is 0 Å². The van der Waals surface area contributed by atoms with Crippen LogP contribution >= 0.6 is 0 Å². The van der Waals surface area contributed by atoms with E-state index in [9.17, 15) is 4.79 Å². The first-order chi connectivity index (χ1) is 11.7. The Labute approximate surface area is 141 Å². The molecular weight excluding hydrogens is 306 g/mol. The largest absolute Gasteiger partial charge is 0.496 e. The zero-order chi connectivity index (χ0) is 17.4. The van der Waals surface area contributed by atoms with Crippen molar-refractivity contribution in [3.63, 3.8) is 0 Å². The van der Waals surface area contributed by atoms with Gasteiger partial charge in [-0.05, 0) is 29.8 Å². The monoisotopic (exact) mass is 327 g/mol. The van der Waals surface area contributed by atoms with Crippen molar-refractivity contribution in [2.24, 2.45) is 0 Å². The lowest BCUT2D eigenvalue weighted by Crippen LogP contribution is -2.20. The summed E-state index contributed by atoms with van der Waals surface area (Å²) in [6, 6.07) is 13.0. The van der Waals surface area contributed by atoms with Crippen LogP contribution in [-0.4, -0.2) is 27.2 Å². The number of amides is 1. The summed E-state index contributed by atoms with van der Waals surface area (Å²) in [5, 5.41) is 2.83. The van der Waals surface area contributed by atoms with Crippen molar-refractivity contribution in [2.75, 3.05) is 21.3 Å². The van der Waals surface area contributed by atoms with Crippen molar-refractivity contribution in [2.45, 2.75) is 6.54 Å². The molecule has 0 saturated heterocycles. The van der Waals surface area contributed by atoms with E-state index in [2.05, 4.69) is 5.32 Å². The number of nitrogens with one attached hydrogen (secondary N) is 1. The van der Waals surface area contributed by atoms with Gasteiger partial charge in [-0.1, -0.05) is 24.3 Å². The zero-order valence-electron chi connectivity index (χ0n) is 14.0. The van der Waals surface area contributed by atoms with Gasteiger partial charge in [0.2, 0.25) is 5.91 Å². The predicted octanol–water partition coefficient (Wildman–Crippen LogP) is 3.04. The zero-order valence-corrected chi connectivity index (χ0v) is 14.0. The van der Waals surface area contributed by atoms with Crippen LogP contribution in [0.25, 0.3) is 6.08 Å². The van der Waals surface area contributed by atoms with Gasteiger partial charge in [-0.3, -0.25) is 4.79 Å². The maximum absolute atomic E-state index is 12.0. The van der Waals surface area contributed by atoms with E-state index in [-0.39, 0.29) is 5.91 Å². The average Bonchev–Trinajstić information content (AvgIpc) is 2.64. The molecule has 1 N–H and O–H groups in total. The van der Waals surface area contributed by atoms with Crippen LogP contribution in [0.2, 0.25) is 0 Å². The fourth-order valence-electron chi connectivity index (χ4n) is 2.22. The van der Waals surface area contributed by atoms with E-state index in [1.807, 2.05) is 36.4 Å². The van der Waals surface area contributed by atoms with Crippen molar-refractivity contribution in [1.29, 1.82) is 0 Å². The lowest BCUT2D eigenvalue weighted by molar-refractivity contribution is -0.116. The number of hydrogen-bond acceptors (Lipinski definition) is 4. The number of carbonyl (C=O) groups excluding carboxylic acids is 1. The van der Waals surface area contributed by atoms with Gasteiger partial charge < -0.3 is 19.5 Å². The van der Waals surface area contributed by atoms with Crippen LogP contribution in [0.3, 0.4) is 0 Å². The highest BCUT2D eigenvalue weighted by molar-refractivity contribution is 5.91. The highest BCUT2D eigenvalue weighted by Crippen LogP contribution is 2.27. The number of carbonyl (C=O) groups is 1. The molecule has 0 bridgehead atoms. The quantitative estimate of drug-likeness (QED) is 0.794. The smallest absolute Gasteiger partial charge is 0.244 e. The summed E-state index contributed by atoms with van der Waals surface area (Å²) in [7, 11) is 4.77. The van der Waals surface area contributed by atoms with Gasteiger partial charge in [0.1, 0.15) is 5.75 Å². The summed E-state index contributed by atoms with van der Waals surface area (Å²) in [5.41, 5.74) is 1.77. The molecule has 24 heavy (non-hydrogen) atoms. The molecule has 0 fully saturated rings. The van der Waals surface area contributed by atoms with Crippen molar-refractivity contribution in [1.82, 2.24) is 5.32 Å². The highest BCUT2D eigenvalue weighted by atomic mass is 16.5. The number of ether oxygens (including phenoxy) is 3. The van der Waals surface area contributed by atoms with E-state index in [0.717, 1.165) is 16.9 Å². The van der Waals surface area contributed by atoms with E-state index < -0.39 is 0 Å². The number of para-hydroxylation sites is 1. The van der Waals surface area contributed by atoms with Crippen molar-refractivity contribution >= 4 is 12.0 Å². The van der Waals surface area contributed by atoms with Crippen LogP contribution in [0.5, 0.6) is 17.2 Å². The fraction of sp³-hybridized carbons (Fsp3) is 0.211. The maximum Gasteiger partial charge on any atom is 0.244 e.